The highest BCUT2D eigenvalue weighted by Gasteiger charge is 2.08. The summed E-state index contributed by atoms with van der Waals surface area (Å²) in [6, 6.07) is 18.0. The highest BCUT2D eigenvalue weighted by Crippen LogP contribution is 2.16. The van der Waals surface area contributed by atoms with Crippen LogP contribution in [0.1, 0.15) is 5.56 Å². The van der Waals surface area contributed by atoms with Crippen molar-refractivity contribution in [3.63, 3.8) is 0 Å². The van der Waals surface area contributed by atoms with Crippen LogP contribution in [0.2, 0.25) is 0 Å². The molecule has 1 heterocycles. The SMILES string of the molecule is BrCCc1ccc2ccccc2c1.O=S(=O)(O)c1cccs1. The molecule has 0 unspecified atom stereocenters. The summed E-state index contributed by atoms with van der Waals surface area (Å²) >= 11 is 4.44. The number of thiophene rings is 1. The summed E-state index contributed by atoms with van der Waals surface area (Å²) in [5.74, 6) is 0. The quantitative estimate of drug-likeness (QED) is 0.510. The standard InChI is InChI=1S/C12H11Br.C4H4O3S2/c13-8-7-10-5-6-11-3-1-2-4-12(11)9-10;5-9(6,7)4-2-1-3-8-4/h1-6,9H,7-8H2;1-3H,(H,5,6,7). The summed E-state index contributed by atoms with van der Waals surface area (Å²) in [6.07, 6.45) is 1.10. The molecule has 0 aliphatic rings. The molecule has 2 aromatic carbocycles. The molecule has 3 nitrogen and oxygen atoms in total. The first-order valence-electron chi connectivity index (χ1n) is 6.55. The highest BCUT2D eigenvalue weighted by atomic mass is 79.9. The summed E-state index contributed by atoms with van der Waals surface area (Å²) < 4.78 is 28.9. The molecule has 0 atom stereocenters. The fraction of sp³-hybridized carbons (Fsp3) is 0.125. The van der Waals surface area contributed by atoms with Crippen molar-refractivity contribution in [1.82, 2.24) is 0 Å². The maximum Gasteiger partial charge on any atom is 0.304 e. The molecule has 3 aromatic rings. The van der Waals surface area contributed by atoms with Crippen LogP contribution in [0.3, 0.4) is 0 Å². The molecule has 0 aliphatic carbocycles. The Morgan fingerprint density at radius 3 is 2.27 bits per heavy atom. The van der Waals surface area contributed by atoms with Crippen LogP contribution in [-0.2, 0) is 16.5 Å². The zero-order valence-corrected chi connectivity index (χ0v) is 14.9. The van der Waals surface area contributed by atoms with Crippen molar-refractivity contribution >= 4 is 48.2 Å². The Hall–Kier alpha value is -1.21. The number of fused-ring (bicyclic) bond motifs is 1. The van der Waals surface area contributed by atoms with Crippen LogP contribution in [0.5, 0.6) is 0 Å². The summed E-state index contributed by atoms with van der Waals surface area (Å²) in [7, 11) is -3.94. The van der Waals surface area contributed by atoms with Crippen molar-refractivity contribution in [2.45, 2.75) is 10.6 Å². The van der Waals surface area contributed by atoms with Crippen molar-refractivity contribution in [3.8, 4) is 0 Å². The lowest BCUT2D eigenvalue weighted by molar-refractivity contribution is 0.485. The van der Waals surface area contributed by atoms with E-state index in [1.807, 2.05) is 0 Å². The molecule has 3 rings (SSSR count). The summed E-state index contributed by atoms with van der Waals surface area (Å²) in [4.78, 5) is 0. The smallest absolute Gasteiger partial charge is 0.281 e. The van der Waals surface area contributed by atoms with Crippen LogP contribution in [-0.4, -0.2) is 18.3 Å². The van der Waals surface area contributed by atoms with E-state index >= 15 is 0 Å². The van der Waals surface area contributed by atoms with Gasteiger partial charge in [0, 0.05) is 5.33 Å². The van der Waals surface area contributed by atoms with E-state index < -0.39 is 10.1 Å². The second-order valence-electron chi connectivity index (χ2n) is 4.53. The second-order valence-corrected chi connectivity index (χ2v) is 7.92. The Balaban J connectivity index is 0.000000172. The fourth-order valence-corrected chi connectivity index (χ4v) is 3.72. The Kier molecular flexibility index (Phi) is 6.14. The Morgan fingerprint density at radius 1 is 1.00 bits per heavy atom. The van der Waals surface area contributed by atoms with E-state index in [4.69, 9.17) is 4.55 Å². The Labute approximate surface area is 142 Å². The molecule has 0 saturated heterocycles. The van der Waals surface area contributed by atoms with E-state index in [-0.39, 0.29) is 4.21 Å². The molecule has 0 radical (unpaired) electrons. The van der Waals surface area contributed by atoms with Gasteiger partial charge in [-0.3, -0.25) is 4.55 Å². The number of benzene rings is 2. The predicted molar refractivity (Wildman–Crippen MR) is 95.6 cm³/mol. The van der Waals surface area contributed by atoms with Gasteiger partial charge in [0.1, 0.15) is 4.21 Å². The third kappa shape index (κ3) is 4.91. The maximum atomic E-state index is 10.3. The van der Waals surface area contributed by atoms with Crippen LogP contribution >= 0.6 is 27.3 Å². The van der Waals surface area contributed by atoms with E-state index in [0.717, 1.165) is 23.1 Å². The first kappa shape index (κ1) is 17.1. The van der Waals surface area contributed by atoms with Gasteiger partial charge < -0.3 is 0 Å². The molecule has 0 amide bonds. The van der Waals surface area contributed by atoms with Gasteiger partial charge in [-0.15, -0.1) is 11.3 Å². The van der Waals surface area contributed by atoms with E-state index in [9.17, 15) is 8.42 Å². The van der Waals surface area contributed by atoms with E-state index in [1.54, 1.807) is 11.4 Å². The third-order valence-electron chi connectivity index (χ3n) is 2.95. The van der Waals surface area contributed by atoms with Crippen LogP contribution in [0, 0.1) is 0 Å². The topological polar surface area (TPSA) is 54.4 Å². The number of alkyl halides is 1. The second kappa shape index (κ2) is 7.87. The minimum absolute atomic E-state index is 0.0116. The molecule has 1 aromatic heterocycles. The number of aryl methyl sites for hydroxylation is 1. The average Bonchev–Trinajstić information content (AvgIpc) is 3.03. The largest absolute Gasteiger partial charge is 0.304 e. The molecular formula is C16H15BrO3S2. The number of hydrogen-bond donors (Lipinski definition) is 1. The van der Waals surface area contributed by atoms with Crippen LogP contribution in [0.15, 0.2) is 64.2 Å². The molecule has 1 N–H and O–H groups in total. The highest BCUT2D eigenvalue weighted by molar-refractivity contribution is 9.09. The van der Waals surface area contributed by atoms with Crippen LogP contribution in [0.25, 0.3) is 10.8 Å². The lowest BCUT2D eigenvalue weighted by atomic mass is 10.1. The normalized spacial score (nSPS) is 11.0. The Bertz CT molecular complexity index is 827. The van der Waals surface area contributed by atoms with Crippen molar-refractivity contribution < 1.29 is 13.0 Å². The lowest BCUT2D eigenvalue weighted by Gasteiger charge is -2.00. The van der Waals surface area contributed by atoms with Gasteiger partial charge in [-0.2, -0.15) is 8.42 Å². The fourth-order valence-electron chi connectivity index (χ4n) is 1.91. The Morgan fingerprint density at radius 2 is 1.73 bits per heavy atom. The zero-order valence-electron chi connectivity index (χ0n) is 11.6. The summed E-state index contributed by atoms with van der Waals surface area (Å²) in [6.45, 7) is 0. The minimum atomic E-state index is -3.94. The lowest BCUT2D eigenvalue weighted by Crippen LogP contribution is -1.92. The van der Waals surface area contributed by atoms with Gasteiger partial charge in [-0.05, 0) is 34.2 Å². The van der Waals surface area contributed by atoms with Crippen molar-refractivity contribution in [1.29, 1.82) is 0 Å². The molecule has 0 fully saturated rings. The van der Waals surface area contributed by atoms with E-state index in [2.05, 4.69) is 58.4 Å². The molecule has 116 valence electrons. The van der Waals surface area contributed by atoms with E-state index in [1.165, 1.54) is 22.4 Å². The first-order valence-corrected chi connectivity index (χ1v) is 9.99. The van der Waals surface area contributed by atoms with Gasteiger partial charge in [0.25, 0.3) is 0 Å². The van der Waals surface area contributed by atoms with Gasteiger partial charge >= 0.3 is 10.1 Å². The third-order valence-corrected chi connectivity index (χ3v) is 5.57. The molecule has 6 heteroatoms. The average molecular weight is 399 g/mol. The van der Waals surface area contributed by atoms with Crippen LogP contribution in [0.4, 0.5) is 0 Å². The van der Waals surface area contributed by atoms with Crippen LogP contribution < -0.4 is 0 Å². The monoisotopic (exact) mass is 398 g/mol. The van der Waals surface area contributed by atoms with Gasteiger partial charge in [0.05, 0.1) is 0 Å². The zero-order chi connectivity index (χ0) is 16.0. The predicted octanol–water partition coefficient (Wildman–Crippen LogP) is 4.77. The van der Waals surface area contributed by atoms with Crippen molar-refractivity contribution in [2.24, 2.45) is 0 Å². The van der Waals surface area contributed by atoms with E-state index in [0.29, 0.717) is 0 Å². The molecule has 22 heavy (non-hydrogen) atoms. The molecule has 0 saturated carbocycles. The number of rotatable bonds is 3. The summed E-state index contributed by atoms with van der Waals surface area (Å²) in [5, 5.41) is 5.27. The van der Waals surface area contributed by atoms with Crippen molar-refractivity contribution in [3.05, 3.63) is 65.5 Å². The molecular weight excluding hydrogens is 384 g/mol. The number of halogens is 1. The molecule has 0 aliphatic heterocycles. The maximum absolute atomic E-state index is 10.3. The van der Waals surface area contributed by atoms with Gasteiger partial charge in [-0.1, -0.05) is 64.5 Å². The van der Waals surface area contributed by atoms with Gasteiger partial charge in [-0.25, -0.2) is 0 Å². The van der Waals surface area contributed by atoms with Gasteiger partial charge in [0.2, 0.25) is 0 Å². The number of hydrogen-bond acceptors (Lipinski definition) is 3. The minimum Gasteiger partial charge on any atom is -0.281 e. The first-order chi connectivity index (χ1) is 10.5. The van der Waals surface area contributed by atoms with Crippen molar-refractivity contribution in [2.75, 3.05) is 5.33 Å². The van der Waals surface area contributed by atoms with Gasteiger partial charge in [0.15, 0.2) is 0 Å². The summed E-state index contributed by atoms with van der Waals surface area (Å²) in [5.41, 5.74) is 1.40. The molecule has 0 bridgehead atoms. The molecule has 0 spiro atoms.